The lowest BCUT2D eigenvalue weighted by Crippen LogP contribution is -2.38. The van der Waals surface area contributed by atoms with Crippen LogP contribution in [0.3, 0.4) is 0 Å². The van der Waals surface area contributed by atoms with Gasteiger partial charge >= 0.3 is 0 Å². The molecule has 0 unspecified atom stereocenters. The predicted molar refractivity (Wildman–Crippen MR) is 146 cm³/mol. The Morgan fingerprint density at radius 3 is 2.24 bits per heavy atom. The SMILES string of the molecule is CCCCNC(=O)c1ccccc1NC(=O)CN(c1ccc(C)cc1)S(=O)(=O)c1ccc(OCC)cc1. The first kappa shape index (κ1) is 27.7. The van der Waals surface area contributed by atoms with Crippen LogP contribution in [0.15, 0.2) is 77.7 Å². The van der Waals surface area contributed by atoms with E-state index in [9.17, 15) is 18.0 Å². The van der Waals surface area contributed by atoms with E-state index in [2.05, 4.69) is 10.6 Å². The van der Waals surface area contributed by atoms with E-state index >= 15 is 0 Å². The second kappa shape index (κ2) is 12.9. The molecule has 3 aromatic rings. The lowest BCUT2D eigenvalue weighted by molar-refractivity contribution is -0.114. The number of hydrogen-bond donors (Lipinski definition) is 2. The summed E-state index contributed by atoms with van der Waals surface area (Å²) in [4.78, 5) is 25.8. The molecule has 0 radical (unpaired) electrons. The lowest BCUT2D eigenvalue weighted by atomic mass is 10.1. The Morgan fingerprint density at radius 2 is 1.59 bits per heavy atom. The summed E-state index contributed by atoms with van der Waals surface area (Å²) in [5.74, 6) is -0.333. The summed E-state index contributed by atoms with van der Waals surface area (Å²) < 4.78 is 33.8. The number of amides is 2. The minimum atomic E-state index is -4.09. The molecular formula is C28H33N3O5S. The largest absolute Gasteiger partial charge is 0.494 e. The van der Waals surface area contributed by atoms with Crippen LogP contribution in [0, 0.1) is 6.92 Å². The molecule has 0 saturated carbocycles. The molecule has 9 heteroatoms. The number of aryl methyl sites for hydroxylation is 1. The summed E-state index contributed by atoms with van der Waals surface area (Å²) in [5, 5.41) is 5.55. The van der Waals surface area contributed by atoms with Gasteiger partial charge in [-0.15, -0.1) is 0 Å². The molecule has 2 amide bonds. The molecule has 0 fully saturated rings. The maximum absolute atomic E-state index is 13.6. The molecule has 0 aliphatic heterocycles. The van der Waals surface area contributed by atoms with Crippen molar-refractivity contribution in [2.24, 2.45) is 0 Å². The van der Waals surface area contributed by atoms with Gasteiger partial charge in [-0.05, 0) is 68.8 Å². The Labute approximate surface area is 218 Å². The average Bonchev–Trinajstić information content (AvgIpc) is 2.89. The van der Waals surface area contributed by atoms with Crippen LogP contribution >= 0.6 is 0 Å². The minimum absolute atomic E-state index is 0.0278. The first-order valence-electron chi connectivity index (χ1n) is 12.3. The molecule has 8 nitrogen and oxygen atoms in total. The first-order chi connectivity index (χ1) is 17.8. The van der Waals surface area contributed by atoms with Gasteiger partial charge in [-0.3, -0.25) is 13.9 Å². The molecule has 2 N–H and O–H groups in total. The van der Waals surface area contributed by atoms with Gasteiger partial charge in [0, 0.05) is 6.54 Å². The molecule has 0 aliphatic rings. The molecule has 3 rings (SSSR count). The van der Waals surface area contributed by atoms with E-state index in [1.807, 2.05) is 20.8 Å². The van der Waals surface area contributed by atoms with Crippen molar-refractivity contribution in [3.8, 4) is 5.75 Å². The summed E-state index contributed by atoms with van der Waals surface area (Å²) in [6.07, 6.45) is 1.78. The van der Waals surface area contributed by atoms with E-state index in [1.54, 1.807) is 60.7 Å². The quantitative estimate of drug-likeness (QED) is 0.333. The smallest absolute Gasteiger partial charge is 0.264 e. The maximum Gasteiger partial charge on any atom is 0.264 e. The molecule has 37 heavy (non-hydrogen) atoms. The van der Waals surface area contributed by atoms with Crippen molar-refractivity contribution in [1.82, 2.24) is 5.32 Å². The Kier molecular flexibility index (Phi) is 9.68. The highest BCUT2D eigenvalue weighted by atomic mass is 32.2. The fraction of sp³-hybridized carbons (Fsp3) is 0.286. The summed E-state index contributed by atoms with van der Waals surface area (Å²) in [6, 6.07) is 19.6. The molecular weight excluding hydrogens is 490 g/mol. The molecule has 0 aromatic heterocycles. The van der Waals surface area contributed by atoms with Gasteiger partial charge in [0.05, 0.1) is 28.4 Å². The standard InChI is InChI=1S/C28H33N3O5S/c1-4-6-19-29-28(33)25-9-7-8-10-26(25)30-27(32)20-31(22-13-11-21(3)12-14-22)37(34,35)24-17-15-23(16-18-24)36-5-2/h7-18H,4-6,19-20H2,1-3H3,(H,29,33)(H,30,32). The normalized spacial score (nSPS) is 11.0. The number of sulfonamides is 1. The summed E-state index contributed by atoms with van der Waals surface area (Å²) in [6.45, 7) is 6.27. The van der Waals surface area contributed by atoms with Gasteiger partial charge in [0.2, 0.25) is 5.91 Å². The van der Waals surface area contributed by atoms with Crippen molar-refractivity contribution < 1.29 is 22.7 Å². The highest BCUT2D eigenvalue weighted by molar-refractivity contribution is 7.92. The van der Waals surface area contributed by atoms with E-state index in [0.29, 0.717) is 35.8 Å². The van der Waals surface area contributed by atoms with E-state index in [-0.39, 0.29) is 10.8 Å². The number of benzene rings is 3. The van der Waals surface area contributed by atoms with E-state index in [1.165, 1.54) is 12.1 Å². The molecule has 0 spiro atoms. The molecule has 0 saturated heterocycles. The number of ether oxygens (including phenoxy) is 1. The maximum atomic E-state index is 13.6. The van der Waals surface area contributed by atoms with Crippen LogP contribution in [0.25, 0.3) is 0 Å². The Hall–Kier alpha value is -3.85. The van der Waals surface area contributed by atoms with Gasteiger partial charge in [-0.1, -0.05) is 43.2 Å². The number of carbonyl (C=O) groups is 2. The number of nitrogens with one attached hydrogen (secondary N) is 2. The molecule has 0 atom stereocenters. The third-order valence-electron chi connectivity index (χ3n) is 5.59. The number of anilines is 2. The molecule has 3 aromatic carbocycles. The number of nitrogens with zero attached hydrogens (tertiary/aromatic N) is 1. The van der Waals surface area contributed by atoms with Crippen LogP contribution in [-0.2, 0) is 14.8 Å². The number of unbranched alkanes of at least 4 members (excludes halogenated alkanes) is 1. The highest BCUT2D eigenvalue weighted by Crippen LogP contribution is 2.26. The molecule has 196 valence electrons. The number of para-hydroxylation sites is 1. The average molecular weight is 524 g/mol. The Balaban J connectivity index is 1.88. The van der Waals surface area contributed by atoms with Crippen molar-refractivity contribution in [1.29, 1.82) is 0 Å². The molecule has 0 heterocycles. The van der Waals surface area contributed by atoms with Gasteiger partial charge in [0.15, 0.2) is 0 Å². The van der Waals surface area contributed by atoms with Gasteiger partial charge < -0.3 is 15.4 Å². The van der Waals surface area contributed by atoms with Crippen molar-refractivity contribution in [2.45, 2.75) is 38.5 Å². The van der Waals surface area contributed by atoms with Crippen LogP contribution in [0.4, 0.5) is 11.4 Å². The molecule has 0 aliphatic carbocycles. The second-order valence-corrected chi connectivity index (χ2v) is 10.3. The van der Waals surface area contributed by atoms with Crippen LogP contribution < -0.4 is 19.7 Å². The third-order valence-corrected chi connectivity index (χ3v) is 7.38. The number of rotatable bonds is 12. The van der Waals surface area contributed by atoms with Gasteiger partial charge in [-0.25, -0.2) is 8.42 Å². The van der Waals surface area contributed by atoms with Gasteiger partial charge in [0.25, 0.3) is 15.9 Å². The van der Waals surface area contributed by atoms with E-state index in [4.69, 9.17) is 4.74 Å². The van der Waals surface area contributed by atoms with Crippen LogP contribution in [0.5, 0.6) is 5.75 Å². The second-order valence-electron chi connectivity index (χ2n) is 8.45. The summed E-state index contributed by atoms with van der Waals surface area (Å²) >= 11 is 0. The number of hydrogen-bond acceptors (Lipinski definition) is 5. The van der Waals surface area contributed by atoms with E-state index in [0.717, 1.165) is 22.7 Å². The fourth-order valence-electron chi connectivity index (χ4n) is 3.61. The van der Waals surface area contributed by atoms with Gasteiger partial charge in [0.1, 0.15) is 12.3 Å². The Morgan fingerprint density at radius 1 is 0.919 bits per heavy atom. The van der Waals surface area contributed by atoms with Crippen molar-refractivity contribution in [3.63, 3.8) is 0 Å². The topological polar surface area (TPSA) is 105 Å². The van der Waals surface area contributed by atoms with Crippen LogP contribution in [-0.4, -0.2) is 39.9 Å². The third kappa shape index (κ3) is 7.33. The predicted octanol–water partition coefficient (Wildman–Crippen LogP) is 4.76. The van der Waals surface area contributed by atoms with Crippen molar-refractivity contribution in [3.05, 3.63) is 83.9 Å². The van der Waals surface area contributed by atoms with E-state index < -0.39 is 22.5 Å². The first-order valence-corrected chi connectivity index (χ1v) is 13.7. The van der Waals surface area contributed by atoms with Crippen LogP contribution in [0.1, 0.15) is 42.6 Å². The summed E-state index contributed by atoms with van der Waals surface area (Å²) in [7, 11) is -4.09. The van der Waals surface area contributed by atoms with Crippen molar-refractivity contribution >= 4 is 33.2 Å². The van der Waals surface area contributed by atoms with Crippen LogP contribution in [0.2, 0.25) is 0 Å². The zero-order chi connectivity index (χ0) is 26.8. The zero-order valence-electron chi connectivity index (χ0n) is 21.4. The lowest BCUT2D eigenvalue weighted by Gasteiger charge is -2.24. The monoisotopic (exact) mass is 523 g/mol. The molecule has 0 bridgehead atoms. The van der Waals surface area contributed by atoms with Crippen molar-refractivity contribution in [2.75, 3.05) is 29.3 Å². The number of carbonyl (C=O) groups excluding carboxylic acids is 2. The fourth-order valence-corrected chi connectivity index (χ4v) is 5.03. The Bertz CT molecular complexity index is 1310. The van der Waals surface area contributed by atoms with Gasteiger partial charge in [-0.2, -0.15) is 0 Å². The minimum Gasteiger partial charge on any atom is -0.494 e. The highest BCUT2D eigenvalue weighted by Gasteiger charge is 2.28. The summed E-state index contributed by atoms with van der Waals surface area (Å²) in [5.41, 5.74) is 1.92. The zero-order valence-corrected chi connectivity index (χ0v) is 22.2.